The summed E-state index contributed by atoms with van der Waals surface area (Å²) in [5.74, 6) is -0.336. The van der Waals surface area contributed by atoms with Gasteiger partial charge in [-0.05, 0) is 69.0 Å². The van der Waals surface area contributed by atoms with Crippen molar-refractivity contribution in [2.24, 2.45) is 0 Å². The van der Waals surface area contributed by atoms with Crippen LogP contribution in [-0.2, 0) is 0 Å². The number of carbonyl (C=O) groups excluding carboxylic acids is 1. The minimum absolute atomic E-state index is 0.0622. The third kappa shape index (κ3) is 4.19. The van der Waals surface area contributed by atoms with Gasteiger partial charge < -0.3 is 15.5 Å². The smallest absolute Gasteiger partial charge is 0.272 e. The number of aromatic nitrogens is 2. The Labute approximate surface area is 165 Å². The average molecular weight is 385 g/mol. The van der Waals surface area contributed by atoms with Crippen LogP contribution in [0.15, 0.2) is 30.5 Å². The first kappa shape index (κ1) is 18.9. The second-order valence-corrected chi connectivity index (χ2v) is 7.87. The highest BCUT2D eigenvalue weighted by molar-refractivity contribution is 5.92. The molecule has 3 heterocycles. The minimum atomic E-state index is -0.216. The molecule has 4 rings (SSSR count). The fourth-order valence-corrected chi connectivity index (χ4v) is 4.27. The third-order valence-electron chi connectivity index (χ3n) is 5.74. The normalized spacial score (nSPS) is 22.9. The standard InChI is InChI=1S/C21H28FN5O/c1-15-12-16(22)6-7-20(15)26-10-3-4-17(14-26)24-21(28)19-8-11-27(25-19)18-5-2-9-23-13-18/h6-8,11-12,17-18,23H,2-5,9-10,13-14H2,1H3,(H,24,28). The molecule has 2 N–H and O–H groups in total. The molecule has 2 aliphatic rings. The zero-order valence-corrected chi connectivity index (χ0v) is 16.3. The molecular weight excluding hydrogens is 357 g/mol. The maximum atomic E-state index is 13.4. The third-order valence-corrected chi connectivity index (χ3v) is 5.74. The van der Waals surface area contributed by atoms with E-state index in [0.717, 1.165) is 63.1 Å². The summed E-state index contributed by atoms with van der Waals surface area (Å²) >= 11 is 0. The number of aryl methyl sites for hydroxylation is 1. The van der Waals surface area contributed by atoms with Gasteiger partial charge in [0.05, 0.1) is 6.04 Å². The minimum Gasteiger partial charge on any atom is -0.369 e. The van der Waals surface area contributed by atoms with E-state index in [1.807, 2.05) is 23.9 Å². The maximum Gasteiger partial charge on any atom is 0.272 e. The van der Waals surface area contributed by atoms with Crippen molar-refractivity contribution in [3.8, 4) is 0 Å². The second-order valence-electron chi connectivity index (χ2n) is 7.87. The first-order valence-corrected chi connectivity index (χ1v) is 10.2. The van der Waals surface area contributed by atoms with Crippen LogP contribution in [0.1, 0.15) is 47.8 Å². The Balaban J connectivity index is 1.38. The first-order chi connectivity index (χ1) is 13.6. The number of hydrogen-bond acceptors (Lipinski definition) is 4. The number of benzene rings is 1. The van der Waals surface area contributed by atoms with Gasteiger partial charge in [-0.3, -0.25) is 9.48 Å². The SMILES string of the molecule is Cc1cc(F)ccc1N1CCCC(NC(=O)c2ccn(C3CCCNC3)n2)C1. The van der Waals surface area contributed by atoms with E-state index in [4.69, 9.17) is 0 Å². The molecule has 0 radical (unpaired) electrons. The summed E-state index contributed by atoms with van der Waals surface area (Å²) in [5.41, 5.74) is 2.43. The van der Waals surface area contributed by atoms with Crippen molar-refractivity contribution in [3.05, 3.63) is 47.5 Å². The van der Waals surface area contributed by atoms with Crippen molar-refractivity contribution < 1.29 is 9.18 Å². The molecule has 1 aromatic carbocycles. The zero-order valence-electron chi connectivity index (χ0n) is 16.3. The van der Waals surface area contributed by atoms with Gasteiger partial charge in [0.2, 0.25) is 0 Å². The Bertz CT molecular complexity index is 830. The molecule has 0 aliphatic carbocycles. The van der Waals surface area contributed by atoms with Crippen LogP contribution in [0, 0.1) is 12.7 Å². The van der Waals surface area contributed by atoms with E-state index >= 15 is 0 Å². The molecule has 2 fully saturated rings. The van der Waals surface area contributed by atoms with Gasteiger partial charge in [-0.25, -0.2) is 4.39 Å². The molecule has 6 nitrogen and oxygen atoms in total. The Morgan fingerprint density at radius 3 is 2.96 bits per heavy atom. The lowest BCUT2D eigenvalue weighted by Gasteiger charge is -2.35. The predicted molar refractivity (Wildman–Crippen MR) is 107 cm³/mol. The van der Waals surface area contributed by atoms with Crippen LogP contribution in [0.4, 0.5) is 10.1 Å². The van der Waals surface area contributed by atoms with Gasteiger partial charge in [-0.15, -0.1) is 0 Å². The van der Waals surface area contributed by atoms with Gasteiger partial charge in [0.1, 0.15) is 11.5 Å². The molecule has 7 heteroatoms. The molecule has 1 amide bonds. The van der Waals surface area contributed by atoms with Crippen molar-refractivity contribution in [1.29, 1.82) is 0 Å². The lowest BCUT2D eigenvalue weighted by atomic mass is 10.0. The molecule has 2 unspecified atom stereocenters. The molecule has 0 bridgehead atoms. The highest BCUT2D eigenvalue weighted by atomic mass is 19.1. The van der Waals surface area contributed by atoms with Gasteiger partial charge in [0.25, 0.3) is 5.91 Å². The quantitative estimate of drug-likeness (QED) is 0.849. The summed E-state index contributed by atoms with van der Waals surface area (Å²) in [6, 6.07) is 7.07. The number of carbonyl (C=O) groups is 1. The van der Waals surface area contributed by atoms with Crippen LogP contribution in [0.25, 0.3) is 0 Å². The first-order valence-electron chi connectivity index (χ1n) is 10.2. The van der Waals surface area contributed by atoms with Crippen molar-refractivity contribution in [2.75, 3.05) is 31.1 Å². The molecule has 2 aromatic rings. The summed E-state index contributed by atoms with van der Waals surface area (Å²) in [5, 5.41) is 11.0. The van der Waals surface area contributed by atoms with Crippen molar-refractivity contribution in [3.63, 3.8) is 0 Å². The van der Waals surface area contributed by atoms with Crippen molar-refractivity contribution >= 4 is 11.6 Å². The largest absolute Gasteiger partial charge is 0.369 e. The van der Waals surface area contributed by atoms with Crippen LogP contribution in [-0.4, -0.2) is 47.9 Å². The van der Waals surface area contributed by atoms with E-state index in [9.17, 15) is 9.18 Å². The average Bonchev–Trinajstić information content (AvgIpc) is 3.19. The monoisotopic (exact) mass is 385 g/mol. The van der Waals surface area contributed by atoms with E-state index in [2.05, 4.69) is 20.6 Å². The van der Waals surface area contributed by atoms with E-state index in [1.165, 1.54) is 6.07 Å². The van der Waals surface area contributed by atoms with Gasteiger partial charge in [-0.2, -0.15) is 5.10 Å². The molecule has 2 atom stereocenters. The van der Waals surface area contributed by atoms with E-state index in [-0.39, 0.29) is 17.8 Å². The summed E-state index contributed by atoms with van der Waals surface area (Å²) in [7, 11) is 0. The number of halogens is 1. The molecule has 0 saturated carbocycles. The molecule has 28 heavy (non-hydrogen) atoms. The molecule has 150 valence electrons. The van der Waals surface area contributed by atoms with Crippen molar-refractivity contribution in [1.82, 2.24) is 20.4 Å². The number of piperidine rings is 2. The van der Waals surface area contributed by atoms with Crippen LogP contribution < -0.4 is 15.5 Å². The van der Waals surface area contributed by atoms with E-state index < -0.39 is 0 Å². The van der Waals surface area contributed by atoms with Gasteiger partial charge >= 0.3 is 0 Å². The van der Waals surface area contributed by atoms with Crippen LogP contribution >= 0.6 is 0 Å². The molecular formula is C21H28FN5O. The summed E-state index contributed by atoms with van der Waals surface area (Å²) in [6.45, 7) is 5.52. The highest BCUT2D eigenvalue weighted by Crippen LogP contribution is 2.24. The highest BCUT2D eigenvalue weighted by Gasteiger charge is 2.24. The number of rotatable bonds is 4. The number of nitrogens with one attached hydrogen (secondary N) is 2. The topological polar surface area (TPSA) is 62.2 Å². The lowest BCUT2D eigenvalue weighted by molar-refractivity contribution is 0.0926. The van der Waals surface area contributed by atoms with Gasteiger partial charge in [-0.1, -0.05) is 0 Å². The summed E-state index contributed by atoms with van der Waals surface area (Å²) in [6.07, 6.45) is 6.05. The fourth-order valence-electron chi connectivity index (χ4n) is 4.27. The second kappa shape index (κ2) is 8.31. The van der Waals surface area contributed by atoms with Crippen molar-refractivity contribution in [2.45, 2.75) is 44.7 Å². The number of amides is 1. The van der Waals surface area contributed by atoms with Gasteiger partial charge in [0, 0.05) is 37.6 Å². The maximum absolute atomic E-state index is 13.4. The summed E-state index contributed by atoms with van der Waals surface area (Å²) < 4.78 is 15.3. The Kier molecular flexibility index (Phi) is 5.62. The Morgan fingerprint density at radius 1 is 1.29 bits per heavy atom. The van der Waals surface area contributed by atoms with Crippen LogP contribution in [0.5, 0.6) is 0 Å². The van der Waals surface area contributed by atoms with E-state index in [0.29, 0.717) is 11.7 Å². The fraction of sp³-hybridized carbons (Fsp3) is 0.524. The summed E-state index contributed by atoms with van der Waals surface area (Å²) in [4.78, 5) is 14.9. The van der Waals surface area contributed by atoms with E-state index in [1.54, 1.807) is 12.1 Å². The number of nitrogens with zero attached hydrogens (tertiary/aromatic N) is 3. The predicted octanol–water partition coefficient (Wildman–Crippen LogP) is 2.65. The van der Waals surface area contributed by atoms with Gasteiger partial charge in [0.15, 0.2) is 0 Å². The number of hydrogen-bond donors (Lipinski definition) is 2. The van der Waals surface area contributed by atoms with Crippen LogP contribution in [0.3, 0.4) is 0 Å². The molecule has 1 aromatic heterocycles. The zero-order chi connectivity index (χ0) is 19.5. The molecule has 2 aliphatic heterocycles. The number of anilines is 1. The lowest BCUT2D eigenvalue weighted by Crippen LogP contribution is -2.48. The molecule has 0 spiro atoms. The Morgan fingerprint density at radius 2 is 2.18 bits per heavy atom. The Hall–Kier alpha value is -2.41. The van der Waals surface area contributed by atoms with Crippen LogP contribution in [0.2, 0.25) is 0 Å². The molecule has 2 saturated heterocycles.